The van der Waals surface area contributed by atoms with Gasteiger partial charge in [-0.05, 0) is 13.0 Å². The third kappa shape index (κ3) is 4.01. The zero-order valence-electron chi connectivity index (χ0n) is 9.67. The lowest BCUT2D eigenvalue weighted by Gasteiger charge is -2.16. The fourth-order valence-electron chi connectivity index (χ4n) is 1.61. The van der Waals surface area contributed by atoms with E-state index in [0.29, 0.717) is 11.3 Å². The summed E-state index contributed by atoms with van der Waals surface area (Å²) >= 11 is 0. The molecule has 0 aromatic heterocycles. The second-order valence-electron chi connectivity index (χ2n) is 3.92. The summed E-state index contributed by atoms with van der Waals surface area (Å²) in [4.78, 5) is 10.3. The van der Waals surface area contributed by atoms with Gasteiger partial charge in [-0.25, -0.2) is 8.78 Å². The molecule has 94 valence electrons. The van der Waals surface area contributed by atoms with Gasteiger partial charge < -0.3 is 9.84 Å². The highest BCUT2D eigenvalue weighted by atomic mass is 19.3. The van der Waals surface area contributed by atoms with Gasteiger partial charge in [0.15, 0.2) is 0 Å². The lowest BCUT2D eigenvalue weighted by Crippen LogP contribution is -2.24. The van der Waals surface area contributed by atoms with Crippen LogP contribution in [0, 0.1) is 6.92 Å². The van der Waals surface area contributed by atoms with E-state index < -0.39 is 24.7 Å². The molecule has 1 N–H and O–H groups in total. The van der Waals surface area contributed by atoms with E-state index in [9.17, 15) is 13.6 Å². The number of carboxylic acid groups (broad SMARTS) is 1. The van der Waals surface area contributed by atoms with Gasteiger partial charge in [0.05, 0.1) is 7.11 Å². The second kappa shape index (κ2) is 5.12. The van der Waals surface area contributed by atoms with E-state index in [1.54, 1.807) is 25.1 Å². The fourth-order valence-corrected chi connectivity index (χ4v) is 1.61. The largest absolute Gasteiger partial charge is 0.496 e. The molecule has 3 nitrogen and oxygen atoms in total. The number of ether oxygens (including phenoxy) is 1. The van der Waals surface area contributed by atoms with Gasteiger partial charge in [0.25, 0.3) is 5.92 Å². The van der Waals surface area contributed by atoms with Crippen LogP contribution >= 0.6 is 0 Å². The van der Waals surface area contributed by atoms with Crippen LogP contribution in [0.4, 0.5) is 8.78 Å². The predicted octanol–water partition coefficient (Wildman–Crippen LogP) is 2.66. The molecule has 0 saturated heterocycles. The van der Waals surface area contributed by atoms with E-state index >= 15 is 0 Å². The third-order valence-corrected chi connectivity index (χ3v) is 2.29. The van der Waals surface area contributed by atoms with Gasteiger partial charge in [0, 0.05) is 12.0 Å². The molecule has 0 unspecified atom stereocenters. The lowest BCUT2D eigenvalue weighted by atomic mass is 10.0. The monoisotopic (exact) mass is 244 g/mol. The van der Waals surface area contributed by atoms with E-state index in [-0.39, 0.29) is 0 Å². The number of benzene rings is 1. The average Bonchev–Trinajstić information content (AvgIpc) is 2.14. The first-order valence-electron chi connectivity index (χ1n) is 5.07. The average molecular weight is 244 g/mol. The number of aliphatic carboxylic acids is 1. The van der Waals surface area contributed by atoms with Gasteiger partial charge in [-0.2, -0.15) is 0 Å². The van der Waals surface area contributed by atoms with Crippen molar-refractivity contribution in [2.75, 3.05) is 7.11 Å². The normalized spacial score (nSPS) is 11.3. The highest BCUT2D eigenvalue weighted by molar-refractivity contribution is 5.67. The number of hydrogen-bond acceptors (Lipinski definition) is 2. The number of carbonyl (C=O) groups is 1. The molecular formula is C12H14F2O3. The molecule has 0 heterocycles. The molecule has 0 aliphatic carbocycles. The van der Waals surface area contributed by atoms with Crippen LogP contribution in [-0.2, 0) is 11.2 Å². The van der Waals surface area contributed by atoms with Crippen molar-refractivity contribution in [2.45, 2.75) is 25.7 Å². The van der Waals surface area contributed by atoms with Crippen LogP contribution in [0.2, 0.25) is 0 Å². The Morgan fingerprint density at radius 1 is 1.47 bits per heavy atom. The van der Waals surface area contributed by atoms with Crippen LogP contribution in [0.1, 0.15) is 17.5 Å². The maximum atomic E-state index is 13.4. The molecule has 0 aliphatic rings. The summed E-state index contributed by atoms with van der Waals surface area (Å²) in [6, 6.07) is 4.92. The minimum atomic E-state index is -3.27. The minimum Gasteiger partial charge on any atom is -0.496 e. The summed E-state index contributed by atoms with van der Waals surface area (Å²) < 4.78 is 31.7. The maximum Gasteiger partial charge on any atom is 0.309 e. The molecule has 17 heavy (non-hydrogen) atoms. The van der Waals surface area contributed by atoms with Gasteiger partial charge in [0.1, 0.15) is 12.2 Å². The van der Waals surface area contributed by atoms with E-state index in [1.165, 1.54) is 7.11 Å². The standard InChI is InChI=1S/C12H14F2O3/c1-8-3-4-10(17-2)9(5-8)6-12(13,14)7-11(15)16/h3-5H,6-7H2,1-2H3,(H,15,16). The first-order chi connectivity index (χ1) is 7.84. The first kappa shape index (κ1) is 13.4. The maximum absolute atomic E-state index is 13.4. The van der Waals surface area contributed by atoms with E-state index in [2.05, 4.69) is 0 Å². The van der Waals surface area contributed by atoms with Crippen LogP contribution < -0.4 is 4.74 Å². The molecular weight excluding hydrogens is 230 g/mol. The molecule has 0 spiro atoms. The number of hydrogen-bond donors (Lipinski definition) is 1. The Morgan fingerprint density at radius 3 is 2.65 bits per heavy atom. The van der Waals surface area contributed by atoms with Gasteiger partial charge in [-0.3, -0.25) is 4.79 Å². The molecule has 0 fully saturated rings. The second-order valence-corrected chi connectivity index (χ2v) is 3.92. The molecule has 0 bridgehead atoms. The van der Waals surface area contributed by atoms with Crippen LogP contribution in [-0.4, -0.2) is 24.1 Å². The van der Waals surface area contributed by atoms with E-state index in [0.717, 1.165) is 5.56 Å². The van der Waals surface area contributed by atoms with Crippen LogP contribution in [0.5, 0.6) is 5.75 Å². The highest BCUT2D eigenvalue weighted by Gasteiger charge is 2.33. The summed E-state index contributed by atoms with van der Waals surface area (Å²) in [7, 11) is 1.39. The van der Waals surface area contributed by atoms with E-state index in [4.69, 9.17) is 9.84 Å². The number of carboxylic acids is 1. The van der Waals surface area contributed by atoms with Gasteiger partial charge in [0.2, 0.25) is 0 Å². The molecule has 0 aliphatic heterocycles. The van der Waals surface area contributed by atoms with Crippen molar-refractivity contribution in [2.24, 2.45) is 0 Å². The Bertz CT molecular complexity index is 416. The molecule has 5 heteroatoms. The van der Waals surface area contributed by atoms with Crippen molar-refractivity contribution >= 4 is 5.97 Å². The zero-order valence-corrected chi connectivity index (χ0v) is 9.67. The number of halogens is 2. The Hall–Kier alpha value is -1.65. The van der Waals surface area contributed by atoms with Crippen LogP contribution in [0.3, 0.4) is 0 Å². The quantitative estimate of drug-likeness (QED) is 0.866. The number of rotatable bonds is 5. The van der Waals surface area contributed by atoms with E-state index in [1.807, 2.05) is 0 Å². The van der Waals surface area contributed by atoms with Gasteiger partial charge in [-0.15, -0.1) is 0 Å². The van der Waals surface area contributed by atoms with Crippen molar-refractivity contribution in [3.63, 3.8) is 0 Å². The van der Waals surface area contributed by atoms with Gasteiger partial charge in [-0.1, -0.05) is 17.7 Å². The van der Waals surface area contributed by atoms with Gasteiger partial charge >= 0.3 is 5.97 Å². The number of methoxy groups -OCH3 is 1. The predicted molar refractivity (Wildman–Crippen MR) is 58.6 cm³/mol. The Balaban J connectivity index is 2.93. The highest BCUT2D eigenvalue weighted by Crippen LogP contribution is 2.29. The SMILES string of the molecule is COc1ccc(C)cc1CC(F)(F)CC(=O)O. The summed E-state index contributed by atoms with van der Waals surface area (Å²) in [6.45, 7) is 1.78. The smallest absolute Gasteiger partial charge is 0.309 e. The zero-order chi connectivity index (χ0) is 13.1. The minimum absolute atomic E-state index is 0.318. The molecule has 0 radical (unpaired) electrons. The molecule has 0 amide bonds. The summed E-state index contributed by atoms with van der Waals surface area (Å²) in [5, 5.41) is 8.40. The van der Waals surface area contributed by atoms with Crippen molar-refractivity contribution in [1.29, 1.82) is 0 Å². The Kier molecular flexibility index (Phi) is 4.04. The summed E-state index contributed by atoms with van der Waals surface area (Å²) in [5.74, 6) is -4.44. The molecule has 0 saturated carbocycles. The summed E-state index contributed by atoms with van der Waals surface area (Å²) in [6.07, 6.45) is -1.81. The van der Waals surface area contributed by atoms with Crippen molar-refractivity contribution < 1.29 is 23.4 Å². The topological polar surface area (TPSA) is 46.5 Å². The Labute approximate surface area is 98.0 Å². The lowest BCUT2D eigenvalue weighted by molar-refractivity contribution is -0.144. The van der Waals surface area contributed by atoms with Crippen molar-refractivity contribution in [1.82, 2.24) is 0 Å². The molecule has 1 aromatic rings. The molecule has 1 rings (SSSR count). The van der Waals surface area contributed by atoms with Crippen molar-refractivity contribution in [3.8, 4) is 5.75 Å². The number of aryl methyl sites for hydroxylation is 1. The summed E-state index contributed by atoms with van der Waals surface area (Å²) in [5.41, 5.74) is 1.14. The molecule has 1 aromatic carbocycles. The Morgan fingerprint density at radius 2 is 2.12 bits per heavy atom. The third-order valence-electron chi connectivity index (χ3n) is 2.29. The number of alkyl halides is 2. The first-order valence-corrected chi connectivity index (χ1v) is 5.07. The van der Waals surface area contributed by atoms with Crippen LogP contribution in [0.25, 0.3) is 0 Å². The van der Waals surface area contributed by atoms with Crippen LogP contribution in [0.15, 0.2) is 18.2 Å². The fraction of sp³-hybridized carbons (Fsp3) is 0.417. The van der Waals surface area contributed by atoms with Crippen molar-refractivity contribution in [3.05, 3.63) is 29.3 Å². The molecule has 0 atom stereocenters.